The van der Waals surface area contributed by atoms with Crippen molar-refractivity contribution in [3.05, 3.63) is 41.2 Å². The zero-order valence-corrected chi connectivity index (χ0v) is 11.9. The van der Waals surface area contributed by atoms with Crippen LogP contribution in [0.25, 0.3) is 4.85 Å². The normalized spacial score (nSPS) is 13.2. The van der Waals surface area contributed by atoms with Crippen LogP contribution in [0.3, 0.4) is 0 Å². The van der Waals surface area contributed by atoms with Gasteiger partial charge in [0.25, 0.3) is 0 Å². The molecule has 0 aliphatic heterocycles. The molecular formula is C13H18N2O3S. The average Bonchev–Trinajstić information content (AvgIpc) is 2.40. The first-order valence-electron chi connectivity index (χ1n) is 6.08. The Morgan fingerprint density at radius 3 is 2.21 bits per heavy atom. The van der Waals surface area contributed by atoms with E-state index in [-0.39, 0.29) is 11.4 Å². The third-order valence-corrected chi connectivity index (χ3v) is 4.94. The van der Waals surface area contributed by atoms with Crippen molar-refractivity contribution in [2.24, 2.45) is 0 Å². The third kappa shape index (κ3) is 3.53. The van der Waals surface area contributed by atoms with Crippen molar-refractivity contribution in [1.29, 1.82) is 0 Å². The van der Waals surface area contributed by atoms with E-state index in [1.807, 2.05) is 0 Å². The molecule has 0 heterocycles. The van der Waals surface area contributed by atoms with Crippen molar-refractivity contribution >= 4 is 10.0 Å². The molecule has 1 aromatic carbocycles. The smallest absolute Gasteiger partial charge is 0.244 e. The van der Waals surface area contributed by atoms with Crippen LogP contribution in [0.1, 0.15) is 25.5 Å². The molecule has 5 nitrogen and oxygen atoms in total. The summed E-state index contributed by atoms with van der Waals surface area (Å²) in [5.41, 5.74) is 0.550. The SMILES string of the molecule is [C-]#[N+]CC(O)c1ccc(S(=O)(=O)N(CC)CC)cc1. The molecule has 0 spiro atoms. The molecule has 1 N–H and O–H groups in total. The molecule has 0 aliphatic rings. The second-order valence-corrected chi connectivity index (χ2v) is 5.95. The summed E-state index contributed by atoms with van der Waals surface area (Å²) in [7, 11) is -3.46. The fourth-order valence-corrected chi connectivity index (χ4v) is 3.22. The second-order valence-electron chi connectivity index (χ2n) is 4.01. The lowest BCUT2D eigenvalue weighted by atomic mass is 10.1. The Morgan fingerprint density at radius 1 is 1.26 bits per heavy atom. The molecule has 6 heteroatoms. The van der Waals surface area contributed by atoms with E-state index < -0.39 is 16.1 Å². The van der Waals surface area contributed by atoms with Crippen LogP contribution in [0.5, 0.6) is 0 Å². The minimum atomic E-state index is -3.46. The van der Waals surface area contributed by atoms with E-state index in [9.17, 15) is 13.5 Å². The minimum absolute atomic E-state index is 0.0257. The standard InChI is InChI=1S/C13H18N2O3S/c1-4-15(5-2)19(17,18)12-8-6-11(7-9-12)13(16)10-14-3/h6-9,13,16H,4-5,10H2,1-2H3. The molecule has 19 heavy (non-hydrogen) atoms. The monoisotopic (exact) mass is 282 g/mol. The average molecular weight is 282 g/mol. The quantitative estimate of drug-likeness (QED) is 0.807. The zero-order chi connectivity index (χ0) is 14.5. The lowest BCUT2D eigenvalue weighted by Gasteiger charge is -2.18. The molecule has 0 aromatic heterocycles. The number of benzene rings is 1. The van der Waals surface area contributed by atoms with Gasteiger partial charge in [0.05, 0.1) is 4.90 Å². The maximum absolute atomic E-state index is 12.2. The van der Waals surface area contributed by atoms with Gasteiger partial charge in [0.15, 0.2) is 6.10 Å². The Bertz CT molecular complexity index is 542. The summed E-state index contributed by atoms with van der Waals surface area (Å²) in [6.45, 7) is 11.1. The van der Waals surface area contributed by atoms with Gasteiger partial charge in [-0.1, -0.05) is 26.0 Å². The summed E-state index contributed by atoms with van der Waals surface area (Å²) in [5.74, 6) is 0. The minimum Gasteiger partial charge on any atom is -0.381 e. The van der Waals surface area contributed by atoms with Gasteiger partial charge in [0.1, 0.15) is 0 Å². The molecule has 104 valence electrons. The molecule has 1 aromatic rings. The van der Waals surface area contributed by atoms with Crippen molar-refractivity contribution in [2.75, 3.05) is 19.6 Å². The van der Waals surface area contributed by atoms with Crippen molar-refractivity contribution in [2.45, 2.75) is 24.8 Å². The molecule has 1 unspecified atom stereocenters. The van der Waals surface area contributed by atoms with E-state index in [4.69, 9.17) is 6.57 Å². The van der Waals surface area contributed by atoms with E-state index in [1.165, 1.54) is 16.4 Å². The number of aliphatic hydroxyl groups is 1. The van der Waals surface area contributed by atoms with Gasteiger partial charge in [-0.2, -0.15) is 4.31 Å². The first-order chi connectivity index (χ1) is 8.97. The highest BCUT2D eigenvalue weighted by molar-refractivity contribution is 7.89. The largest absolute Gasteiger partial charge is 0.381 e. The van der Waals surface area contributed by atoms with Crippen LogP contribution in [0.15, 0.2) is 29.2 Å². The number of hydrogen-bond donors (Lipinski definition) is 1. The van der Waals surface area contributed by atoms with Crippen LogP contribution >= 0.6 is 0 Å². The molecule has 1 atom stereocenters. The van der Waals surface area contributed by atoms with Crippen LogP contribution in [0.4, 0.5) is 0 Å². The number of aliphatic hydroxyl groups excluding tert-OH is 1. The van der Waals surface area contributed by atoms with Gasteiger partial charge < -0.3 is 9.95 Å². The number of hydrogen-bond acceptors (Lipinski definition) is 3. The van der Waals surface area contributed by atoms with Crippen LogP contribution in [0, 0.1) is 6.57 Å². The van der Waals surface area contributed by atoms with Gasteiger partial charge in [0.2, 0.25) is 16.6 Å². The summed E-state index contributed by atoms with van der Waals surface area (Å²) in [5, 5.41) is 9.64. The molecule has 0 radical (unpaired) electrons. The first-order valence-corrected chi connectivity index (χ1v) is 7.52. The van der Waals surface area contributed by atoms with Crippen molar-refractivity contribution in [3.63, 3.8) is 0 Å². The van der Waals surface area contributed by atoms with Crippen molar-refractivity contribution < 1.29 is 13.5 Å². The van der Waals surface area contributed by atoms with Crippen LogP contribution in [0.2, 0.25) is 0 Å². The van der Waals surface area contributed by atoms with Crippen LogP contribution < -0.4 is 0 Å². The first kappa shape index (κ1) is 15.6. The summed E-state index contributed by atoms with van der Waals surface area (Å²) >= 11 is 0. The van der Waals surface area contributed by atoms with Crippen LogP contribution in [-0.2, 0) is 10.0 Å². The Hall–Kier alpha value is -1.42. The number of nitrogens with zero attached hydrogens (tertiary/aromatic N) is 2. The highest BCUT2D eigenvalue weighted by atomic mass is 32.2. The Balaban J connectivity index is 3.02. The number of rotatable bonds is 6. The van der Waals surface area contributed by atoms with Gasteiger partial charge in [-0.05, 0) is 17.7 Å². The molecule has 0 aliphatic carbocycles. The zero-order valence-electron chi connectivity index (χ0n) is 11.1. The lowest BCUT2D eigenvalue weighted by Crippen LogP contribution is -2.30. The molecular weight excluding hydrogens is 264 g/mol. The van der Waals surface area contributed by atoms with Crippen LogP contribution in [-0.4, -0.2) is 37.5 Å². The summed E-state index contributed by atoms with van der Waals surface area (Å²) in [6.07, 6.45) is -0.872. The van der Waals surface area contributed by atoms with Crippen molar-refractivity contribution in [3.8, 4) is 0 Å². The lowest BCUT2D eigenvalue weighted by molar-refractivity contribution is 0.195. The fraction of sp³-hybridized carbons (Fsp3) is 0.462. The Morgan fingerprint density at radius 2 is 1.79 bits per heavy atom. The van der Waals surface area contributed by atoms with E-state index in [0.717, 1.165) is 0 Å². The predicted octanol–water partition coefficient (Wildman–Crippen LogP) is 1.67. The van der Waals surface area contributed by atoms with Gasteiger partial charge >= 0.3 is 0 Å². The van der Waals surface area contributed by atoms with Gasteiger partial charge in [-0.15, -0.1) is 0 Å². The number of sulfonamides is 1. The Kier molecular flexibility index (Phi) is 5.48. The van der Waals surface area contributed by atoms with E-state index in [0.29, 0.717) is 18.7 Å². The van der Waals surface area contributed by atoms with Gasteiger partial charge in [-0.3, -0.25) is 0 Å². The van der Waals surface area contributed by atoms with Gasteiger partial charge in [-0.25, -0.2) is 15.0 Å². The maximum Gasteiger partial charge on any atom is 0.244 e. The molecule has 0 saturated carbocycles. The van der Waals surface area contributed by atoms with E-state index >= 15 is 0 Å². The maximum atomic E-state index is 12.2. The topological polar surface area (TPSA) is 62.0 Å². The molecule has 0 bridgehead atoms. The second kappa shape index (κ2) is 6.66. The fourth-order valence-electron chi connectivity index (χ4n) is 1.77. The summed E-state index contributed by atoms with van der Waals surface area (Å²) in [6, 6.07) is 6.03. The Labute approximate surface area is 114 Å². The molecule has 0 fully saturated rings. The van der Waals surface area contributed by atoms with E-state index in [2.05, 4.69) is 4.85 Å². The predicted molar refractivity (Wildman–Crippen MR) is 73.0 cm³/mol. The van der Waals surface area contributed by atoms with Crippen molar-refractivity contribution in [1.82, 2.24) is 4.31 Å². The molecule has 0 saturated heterocycles. The highest BCUT2D eigenvalue weighted by Gasteiger charge is 2.21. The third-order valence-electron chi connectivity index (χ3n) is 2.87. The molecule has 1 rings (SSSR count). The summed E-state index contributed by atoms with van der Waals surface area (Å²) < 4.78 is 25.8. The summed E-state index contributed by atoms with van der Waals surface area (Å²) in [4.78, 5) is 3.32. The molecule has 0 amide bonds. The highest BCUT2D eigenvalue weighted by Crippen LogP contribution is 2.19. The van der Waals surface area contributed by atoms with E-state index in [1.54, 1.807) is 26.0 Å². The van der Waals surface area contributed by atoms with Gasteiger partial charge in [0, 0.05) is 13.1 Å².